The van der Waals surface area contributed by atoms with Crippen LogP contribution in [0, 0.1) is 28.1 Å². The average Bonchev–Trinajstić information content (AvgIpc) is 3.60. The monoisotopic (exact) mass is 1210 g/mol. The fourth-order valence-corrected chi connectivity index (χ4v) is 8.86. The number of esters is 1. The molecule has 1 aromatic carbocycles. The molecular formula is C65H107N5O16. The number of carbonyl (C=O) groups is 8. The first-order valence-corrected chi connectivity index (χ1v) is 30.3. The largest absolute Gasteiger partial charge is 0.454 e. The number of ketones is 2. The van der Waals surface area contributed by atoms with Crippen molar-refractivity contribution in [1.82, 2.24) is 26.6 Å². The predicted molar refractivity (Wildman–Crippen MR) is 323 cm³/mol. The molecule has 0 saturated heterocycles. The third-order valence-electron chi connectivity index (χ3n) is 13.6. The Balaban J connectivity index is -0.00000716. The summed E-state index contributed by atoms with van der Waals surface area (Å²) in [6.07, 6.45) is 12.0. The molecule has 0 aliphatic heterocycles. The maximum Gasteiger partial charge on any atom is 0.407 e. The Labute approximate surface area is 512 Å². The first-order chi connectivity index (χ1) is 39.9. The Hall–Kier alpha value is -6.68. The zero-order valence-corrected chi connectivity index (χ0v) is 54.7. The minimum absolute atomic E-state index is 0.00429. The number of hydrogen-bond acceptors (Lipinski definition) is 16. The van der Waals surface area contributed by atoms with E-state index in [9.17, 15) is 38.4 Å². The summed E-state index contributed by atoms with van der Waals surface area (Å²) in [7, 11) is 0. The number of hydrogen-bond donors (Lipinski definition) is 5. The number of amides is 5. The molecule has 1 rings (SSSR count). The van der Waals surface area contributed by atoms with Crippen molar-refractivity contribution in [3.63, 3.8) is 0 Å². The second-order valence-corrected chi connectivity index (χ2v) is 27.0. The van der Waals surface area contributed by atoms with Gasteiger partial charge in [-0.3, -0.25) is 28.8 Å². The third-order valence-corrected chi connectivity index (χ3v) is 13.6. The lowest BCUT2D eigenvalue weighted by Crippen LogP contribution is -2.48. The van der Waals surface area contributed by atoms with Crippen LogP contribution in [-0.4, -0.2) is 109 Å². The molecule has 21 heteroatoms. The van der Waals surface area contributed by atoms with Crippen LogP contribution in [0.2, 0.25) is 0 Å². The first-order valence-electron chi connectivity index (χ1n) is 30.3. The molecule has 21 nitrogen and oxygen atoms in total. The Morgan fingerprint density at radius 3 is 1.48 bits per heavy atom. The summed E-state index contributed by atoms with van der Waals surface area (Å²) in [6, 6.07) is 8.63. The van der Waals surface area contributed by atoms with Crippen LogP contribution < -0.4 is 26.6 Å². The van der Waals surface area contributed by atoms with Crippen LogP contribution in [0.4, 0.5) is 4.79 Å². The third kappa shape index (κ3) is 49.6. The molecule has 0 bridgehead atoms. The molecule has 0 aliphatic carbocycles. The maximum atomic E-state index is 14.0. The summed E-state index contributed by atoms with van der Waals surface area (Å²) in [5.41, 5.74) is -0.438. The molecule has 488 valence electrons. The van der Waals surface area contributed by atoms with Crippen LogP contribution in [0.15, 0.2) is 30.3 Å². The van der Waals surface area contributed by atoms with Gasteiger partial charge in [-0.1, -0.05) is 118 Å². The molecule has 0 unspecified atom stereocenters. The molecule has 0 saturated carbocycles. The topological polar surface area (TPSA) is 318 Å². The van der Waals surface area contributed by atoms with Gasteiger partial charge in [0.2, 0.25) is 23.6 Å². The SMILES string of the molecule is CC(C)(C)CC[C@H](CC(=O)N[C@@H](CCC(=O)NCCCCCCCC(=O)C[C@@H](CCCCNC(=O)OC(C)(C)C)C(=O)N[C@@H](CCCCNC(=O)CCCc1ccccc1)C(=O)C(=O)OC(C)(C)C)C(C)(C)C)C(C)(C)C.O=C=O.O=C=O.O=C=O. The molecule has 0 fully saturated rings. The number of nitrogens with one attached hydrogen (secondary N) is 5. The summed E-state index contributed by atoms with van der Waals surface area (Å²) >= 11 is 0. The fourth-order valence-electron chi connectivity index (χ4n) is 8.86. The van der Waals surface area contributed by atoms with Gasteiger partial charge in [-0.05, 0) is 146 Å². The molecule has 1 aromatic rings. The molecular weight excluding hydrogens is 1110 g/mol. The number of rotatable bonds is 36. The molecule has 0 aromatic heterocycles. The van der Waals surface area contributed by atoms with E-state index >= 15 is 0 Å². The van der Waals surface area contributed by atoms with Crippen LogP contribution in [0.25, 0.3) is 0 Å². The number of unbranched alkanes of at least 4 members (excludes halogenated alkanes) is 6. The van der Waals surface area contributed by atoms with Crippen molar-refractivity contribution in [2.24, 2.45) is 28.1 Å². The van der Waals surface area contributed by atoms with Crippen molar-refractivity contribution in [3.8, 4) is 0 Å². The Bertz CT molecular complexity index is 2220. The average molecular weight is 1210 g/mol. The van der Waals surface area contributed by atoms with Crippen LogP contribution in [-0.2, 0) is 78.2 Å². The van der Waals surface area contributed by atoms with Crippen molar-refractivity contribution >= 4 is 65.7 Å². The lowest BCUT2D eigenvalue weighted by Gasteiger charge is -2.35. The van der Waals surface area contributed by atoms with Gasteiger partial charge >= 0.3 is 30.5 Å². The molecule has 5 N–H and O–H groups in total. The molecule has 5 amide bonds. The number of Topliss-reactive ketones (excluding diaryl/α,β-unsaturated/α-hetero) is 2. The van der Waals surface area contributed by atoms with Gasteiger partial charge in [0.25, 0.3) is 5.78 Å². The van der Waals surface area contributed by atoms with E-state index in [1.165, 1.54) is 5.56 Å². The molecule has 0 heterocycles. The summed E-state index contributed by atoms with van der Waals surface area (Å²) < 4.78 is 10.7. The first kappa shape index (κ1) is 83.5. The standard InChI is InChI=1S/C62H107N5O10.3CO2/c1-58(2,3)39-38-47(59(4,5)6)44-53(71)67-50(60(7,8)9)36-37-52(70)64-40-25-18-16-17-22-33-48(68)43-46(32-23-26-42-65-57(75)77-62(13,14)15)55(73)66-49(54(72)56(74)76-61(10,11)12)34-24-27-41-63-51(69)35-28-31-45-29-20-19-21-30-45;3*2-1-3/h19-21,29-30,46-47,49-50H,16-18,22-28,31-44H2,1-15H3,(H,63,69)(H,64,70)(H,65,75)(H,66,73)(H,67,71);;;/t46-,47-,49+,50+;;;/m1.../s1. The second kappa shape index (κ2) is 45.6. The van der Waals surface area contributed by atoms with Crippen LogP contribution >= 0.6 is 0 Å². The van der Waals surface area contributed by atoms with E-state index in [0.717, 1.165) is 44.9 Å². The molecule has 0 aliphatic rings. The van der Waals surface area contributed by atoms with E-state index in [0.29, 0.717) is 90.3 Å². The Morgan fingerprint density at radius 1 is 0.477 bits per heavy atom. The van der Waals surface area contributed by atoms with Crippen molar-refractivity contribution in [3.05, 3.63) is 35.9 Å². The zero-order valence-electron chi connectivity index (χ0n) is 54.7. The van der Waals surface area contributed by atoms with Crippen molar-refractivity contribution in [2.75, 3.05) is 19.6 Å². The summed E-state index contributed by atoms with van der Waals surface area (Å²) in [4.78, 5) is 154. The van der Waals surface area contributed by atoms with Gasteiger partial charge in [0.1, 0.15) is 17.0 Å². The second-order valence-electron chi connectivity index (χ2n) is 27.0. The number of ether oxygens (including phenoxy) is 2. The van der Waals surface area contributed by atoms with E-state index in [1.807, 2.05) is 30.3 Å². The van der Waals surface area contributed by atoms with Crippen molar-refractivity contribution in [2.45, 2.75) is 262 Å². The number of aryl methyl sites for hydroxylation is 1. The minimum atomic E-state index is -1.19. The van der Waals surface area contributed by atoms with E-state index in [-0.39, 0.29) is 89.4 Å². The highest BCUT2D eigenvalue weighted by Crippen LogP contribution is 2.36. The van der Waals surface area contributed by atoms with Crippen molar-refractivity contribution < 1.29 is 76.6 Å². The molecule has 0 spiro atoms. The van der Waals surface area contributed by atoms with E-state index in [4.69, 9.17) is 38.2 Å². The van der Waals surface area contributed by atoms with Crippen LogP contribution in [0.3, 0.4) is 0 Å². The Kier molecular flexibility index (Phi) is 44.3. The van der Waals surface area contributed by atoms with E-state index < -0.39 is 46.9 Å². The lowest BCUT2D eigenvalue weighted by molar-refractivity contribution is -0.193. The van der Waals surface area contributed by atoms with Crippen LogP contribution in [0.1, 0.15) is 238 Å². The summed E-state index contributed by atoms with van der Waals surface area (Å²) in [5.74, 6) is -3.14. The van der Waals surface area contributed by atoms with Gasteiger partial charge in [0, 0.05) is 63.7 Å². The molecule has 4 atom stereocenters. The van der Waals surface area contributed by atoms with Gasteiger partial charge in [0.05, 0.1) is 6.04 Å². The van der Waals surface area contributed by atoms with Gasteiger partial charge in [-0.2, -0.15) is 28.8 Å². The lowest BCUT2D eigenvalue weighted by atomic mass is 9.73. The fraction of sp³-hybridized carbons (Fsp3) is 0.738. The Morgan fingerprint density at radius 2 is 0.965 bits per heavy atom. The highest BCUT2D eigenvalue weighted by Gasteiger charge is 2.34. The van der Waals surface area contributed by atoms with Gasteiger partial charge < -0.3 is 36.1 Å². The number of carbonyl (C=O) groups excluding carboxylic acids is 14. The highest BCUT2D eigenvalue weighted by molar-refractivity contribution is 6.36. The van der Waals surface area contributed by atoms with Gasteiger partial charge in [0.15, 0.2) is 0 Å². The highest BCUT2D eigenvalue weighted by atomic mass is 16.6. The van der Waals surface area contributed by atoms with Crippen LogP contribution in [0.5, 0.6) is 0 Å². The van der Waals surface area contributed by atoms with E-state index in [2.05, 4.69) is 88.9 Å². The maximum absolute atomic E-state index is 14.0. The normalized spacial score (nSPS) is 12.6. The zero-order chi connectivity index (χ0) is 66.6. The van der Waals surface area contributed by atoms with Gasteiger partial charge in [-0.25, -0.2) is 9.59 Å². The predicted octanol–water partition coefficient (Wildman–Crippen LogP) is 9.86. The smallest absolute Gasteiger partial charge is 0.407 e. The quantitative estimate of drug-likeness (QED) is 0.0237. The van der Waals surface area contributed by atoms with Gasteiger partial charge in [-0.15, -0.1) is 0 Å². The van der Waals surface area contributed by atoms with E-state index in [1.54, 1.807) is 41.5 Å². The minimum Gasteiger partial charge on any atom is -0.454 e. The van der Waals surface area contributed by atoms with Crippen molar-refractivity contribution in [1.29, 1.82) is 0 Å². The summed E-state index contributed by atoms with van der Waals surface area (Å²) in [6.45, 7) is 31.1. The molecule has 0 radical (unpaired) electrons. The number of alkyl carbamates (subject to hydrolysis) is 1. The molecule has 86 heavy (non-hydrogen) atoms. The number of benzene rings is 1. The summed E-state index contributed by atoms with van der Waals surface area (Å²) in [5, 5.41) is 14.8.